The molecule has 4 aromatic carbocycles. The number of hydrogen-bond donors (Lipinski definition) is 7. The van der Waals surface area contributed by atoms with Crippen molar-refractivity contribution in [3.63, 3.8) is 0 Å². The highest BCUT2D eigenvalue weighted by Gasteiger charge is 2.23. The number of fused-ring (bicyclic) bond motifs is 1. The number of carbonyl (C=O) groups is 3. The van der Waals surface area contributed by atoms with Crippen molar-refractivity contribution in [1.82, 2.24) is 20.5 Å². The van der Waals surface area contributed by atoms with Gasteiger partial charge in [-0.2, -0.15) is 0 Å². The van der Waals surface area contributed by atoms with Crippen LogP contribution in [0.5, 0.6) is 5.75 Å². The van der Waals surface area contributed by atoms with Crippen LogP contribution in [-0.4, -0.2) is 76.8 Å². The number of hydrogen-bond acceptors (Lipinski definition) is 9. The molecule has 7 N–H and O–H groups in total. The number of aromatic hydroxyl groups is 1. The number of anilines is 2. The number of pyridine rings is 1. The smallest absolute Gasteiger partial charge is 0.411 e. The Balaban J connectivity index is 0.851. The Morgan fingerprint density at radius 1 is 0.852 bits per heavy atom. The lowest BCUT2D eigenvalue weighted by Gasteiger charge is -2.31. The fourth-order valence-corrected chi connectivity index (χ4v) is 6.44. The quantitative estimate of drug-likeness (QED) is 0.0836. The number of aliphatic hydroxyl groups excluding tert-OH is 1. The number of ether oxygens (including phenoxy) is 1. The fourth-order valence-electron chi connectivity index (χ4n) is 6.44. The first-order valence-electron chi connectivity index (χ1n) is 18.0. The van der Waals surface area contributed by atoms with E-state index in [-0.39, 0.29) is 54.4 Å². The number of para-hydroxylation sites is 1. The molecular formula is C41H44N6O7. The summed E-state index contributed by atoms with van der Waals surface area (Å²) in [7, 11) is 0. The van der Waals surface area contributed by atoms with Gasteiger partial charge < -0.3 is 40.8 Å². The van der Waals surface area contributed by atoms with Crippen LogP contribution < -0.4 is 26.8 Å². The first kappa shape index (κ1) is 37.7. The molecule has 1 fully saturated rings. The first-order valence-corrected chi connectivity index (χ1v) is 18.0. The lowest BCUT2D eigenvalue weighted by atomic mass is 10.0. The molecule has 280 valence electrons. The van der Waals surface area contributed by atoms with Crippen molar-refractivity contribution < 1.29 is 29.3 Å². The molecule has 6 rings (SSSR count). The number of rotatable bonds is 14. The van der Waals surface area contributed by atoms with Crippen LogP contribution in [0.4, 0.5) is 16.2 Å². The molecule has 1 saturated heterocycles. The van der Waals surface area contributed by atoms with Gasteiger partial charge in [-0.25, -0.2) is 4.79 Å². The third-order valence-electron chi connectivity index (χ3n) is 9.33. The zero-order valence-electron chi connectivity index (χ0n) is 29.7. The van der Waals surface area contributed by atoms with Crippen LogP contribution in [0, 0.1) is 0 Å². The second kappa shape index (κ2) is 18.1. The normalized spacial score (nSPS) is 13.9. The molecule has 2 heterocycles. The van der Waals surface area contributed by atoms with Gasteiger partial charge in [0.1, 0.15) is 11.9 Å². The Morgan fingerprint density at radius 3 is 2.37 bits per heavy atom. The molecular weight excluding hydrogens is 688 g/mol. The number of aliphatic hydroxyl groups is 1. The maximum atomic E-state index is 12.7. The Morgan fingerprint density at radius 2 is 1.59 bits per heavy atom. The fraction of sp³-hybridized carbons (Fsp3) is 0.268. The molecule has 0 aliphatic carbocycles. The number of aromatic amines is 1. The van der Waals surface area contributed by atoms with E-state index < -0.39 is 12.2 Å². The summed E-state index contributed by atoms with van der Waals surface area (Å²) in [6, 6.07) is 30.6. The first-order chi connectivity index (χ1) is 26.2. The van der Waals surface area contributed by atoms with Gasteiger partial charge in [-0.1, -0.05) is 66.7 Å². The minimum absolute atomic E-state index is 0.0255. The molecule has 0 unspecified atom stereocenters. The summed E-state index contributed by atoms with van der Waals surface area (Å²) in [5.41, 5.74) is 4.52. The van der Waals surface area contributed by atoms with E-state index in [1.165, 1.54) is 18.2 Å². The van der Waals surface area contributed by atoms with Gasteiger partial charge >= 0.3 is 6.09 Å². The van der Waals surface area contributed by atoms with Crippen molar-refractivity contribution in [1.29, 1.82) is 0 Å². The van der Waals surface area contributed by atoms with Gasteiger partial charge in [0.05, 0.1) is 23.9 Å². The summed E-state index contributed by atoms with van der Waals surface area (Å²) in [6.45, 7) is 2.38. The van der Waals surface area contributed by atoms with E-state index in [4.69, 9.17) is 4.74 Å². The molecule has 1 atom stereocenters. The van der Waals surface area contributed by atoms with Gasteiger partial charge in [-0.15, -0.1) is 0 Å². The standard InChI is InChI=1S/C41H44N6O7/c48-35-16-14-32(33-15-17-37(50)46-40(33)35)36(49)25-42-26-39(52)43-24-27-10-12-29(13-11-27)44-38(51)20-23-47-21-18-30(19-22-47)54-41(53)45-34-9-5-4-8-31(34)28-6-2-1-3-7-28/h1-17,30,36,42,48-49H,18-26H2,(H,43,52)(H,44,51)(H,45,53)(H,46,50)/t36-/m0/s1. The Labute approximate surface area is 312 Å². The van der Waals surface area contributed by atoms with Gasteiger partial charge in [0.25, 0.3) is 0 Å². The van der Waals surface area contributed by atoms with Crippen molar-refractivity contribution in [2.75, 3.05) is 43.4 Å². The number of aromatic nitrogens is 1. The summed E-state index contributed by atoms with van der Waals surface area (Å²) in [5.74, 6) is -0.460. The van der Waals surface area contributed by atoms with Crippen molar-refractivity contribution in [3.8, 4) is 16.9 Å². The van der Waals surface area contributed by atoms with E-state index in [0.717, 1.165) is 29.8 Å². The molecule has 13 nitrogen and oxygen atoms in total. The van der Waals surface area contributed by atoms with Gasteiger partial charge in [0, 0.05) is 61.8 Å². The van der Waals surface area contributed by atoms with Crippen LogP contribution >= 0.6 is 0 Å². The predicted octanol–water partition coefficient (Wildman–Crippen LogP) is 4.88. The number of carbonyl (C=O) groups excluding carboxylic acids is 3. The zero-order valence-corrected chi connectivity index (χ0v) is 29.7. The number of H-pyrrole nitrogens is 1. The number of amides is 3. The number of benzene rings is 4. The molecule has 0 radical (unpaired) electrons. The van der Waals surface area contributed by atoms with Crippen LogP contribution in [-0.2, 0) is 20.9 Å². The van der Waals surface area contributed by atoms with Crippen LogP contribution in [0.15, 0.2) is 108 Å². The Hall–Kier alpha value is -6.02. The van der Waals surface area contributed by atoms with E-state index in [2.05, 4.69) is 31.2 Å². The summed E-state index contributed by atoms with van der Waals surface area (Å²) < 4.78 is 5.73. The third-order valence-corrected chi connectivity index (χ3v) is 9.33. The Kier molecular flexibility index (Phi) is 12.7. The molecule has 0 saturated carbocycles. The van der Waals surface area contributed by atoms with Crippen LogP contribution in [0.2, 0.25) is 0 Å². The maximum absolute atomic E-state index is 12.7. The number of phenols is 1. The topological polar surface area (TPSA) is 185 Å². The largest absolute Gasteiger partial charge is 0.506 e. The molecule has 54 heavy (non-hydrogen) atoms. The summed E-state index contributed by atoms with van der Waals surface area (Å²) in [4.78, 5) is 54.2. The number of nitrogens with zero attached hydrogens (tertiary/aromatic N) is 1. The predicted molar refractivity (Wildman–Crippen MR) is 207 cm³/mol. The molecule has 5 aromatic rings. The number of likely N-dealkylation sites (tertiary alicyclic amines) is 1. The van der Waals surface area contributed by atoms with Crippen LogP contribution in [0.1, 0.15) is 36.5 Å². The van der Waals surface area contributed by atoms with Crippen molar-refractivity contribution in [2.45, 2.75) is 38.0 Å². The molecule has 0 spiro atoms. The maximum Gasteiger partial charge on any atom is 0.411 e. The minimum atomic E-state index is -0.975. The molecule has 1 aliphatic heterocycles. The zero-order chi connectivity index (χ0) is 37.9. The average Bonchev–Trinajstić information content (AvgIpc) is 3.18. The second-order valence-electron chi connectivity index (χ2n) is 13.2. The molecule has 3 amide bonds. The van der Waals surface area contributed by atoms with E-state index in [0.29, 0.717) is 48.1 Å². The van der Waals surface area contributed by atoms with Gasteiger partial charge in [0.15, 0.2) is 0 Å². The third kappa shape index (κ3) is 10.3. The summed E-state index contributed by atoms with van der Waals surface area (Å²) in [5, 5.41) is 32.8. The summed E-state index contributed by atoms with van der Waals surface area (Å²) in [6.07, 6.45) is 0.0513. The molecule has 0 bridgehead atoms. The molecule has 1 aliphatic rings. The number of phenolic OH excluding ortho intramolecular Hbond substituents is 1. The van der Waals surface area contributed by atoms with Crippen LogP contribution in [0.25, 0.3) is 22.0 Å². The van der Waals surface area contributed by atoms with E-state index >= 15 is 0 Å². The van der Waals surface area contributed by atoms with Gasteiger partial charge in [0.2, 0.25) is 17.4 Å². The van der Waals surface area contributed by atoms with Crippen molar-refractivity contribution >= 4 is 40.2 Å². The highest BCUT2D eigenvalue weighted by Crippen LogP contribution is 2.29. The molecule has 13 heteroatoms. The number of piperidine rings is 1. The average molecular weight is 733 g/mol. The van der Waals surface area contributed by atoms with E-state index in [9.17, 15) is 29.4 Å². The lowest BCUT2D eigenvalue weighted by Crippen LogP contribution is -2.39. The van der Waals surface area contributed by atoms with Crippen LogP contribution in [0.3, 0.4) is 0 Å². The van der Waals surface area contributed by atoms with Crippen molar-refractivity contribution in [2.24, 2.45) is 0 Å². The van der Waals surface area contributed by atoms with E-state index in [1.807, 2.05) is 66.7 Å². The highest BCUT2D eigenvalue weighted by atomic mass is 16.6. The summed E-state index contributed by atoms with van der Waals surface area (Å²) >= 11 is 0. The monoisotopic (exact) mass is 732 g/mol. The van der Waals surface area contributed by atoms with E-state index in [1.54, 1.807) is 18.2 Å². The van der Waals surface area contributed by atoms with Gasteiger partial charge in [-0.05, 0) is 59.9 Å². The molecule has 1 aromatic heterocycles. The number of nitrogens with one attached hydrogen (secondary N) is 5. The van der Waals surface area contributed by atoms with Crippen molar-refractivity contribution in [3.05, 3.63) is 125 Å². The lowest BCUT2D eigenvalue weighted by molar-refractivity contribution is -0.120. The highest BCUT2D eigenvalue weighted by molar-refractivity contribution is 5.92. The van der Waals surface area contributed by atoms with Gasteiger partial charge in [-0.3, -0.25) is 19.7 Å². The SMILES string of the molecule is O=C(CNC[C@H](O)c1ccc(O)c2[nH]c(=O)ccc12)NCc1ccc(NC(=O)CCN2CCC(OC(=O)Nc3ccccc3-c3ccccc3)CC2)cc1. The minimum Gasteiger partial charge on any atom is -0.506 e. The second-order valence-corrected chi connectivity index (χ2v) is 13.2. The Bertz CT molecular complexity index is 2120.